The highest BCUT2D eigenvalue weighted by Gasteiger charge is 2.07. The van der Waals surface area contributed by atoms with E-state index in [9.17, 15) is 0 Å². The Morgan fingerprint density at radius 2 is 2.23 bits per heavy atom. The fraction of sp³-hybridized carbons (Fsp3) is 0. The molecule has 0 bridgehead atoms. The fourth-order valence-electron chi connectivity index (χ4n) is 1.12. The predicted molar refractivity (Wildman–Crippen MR) is 55.3 cm³/mol. The lowest BCUT2D eigenvalue weighted by Gasteiger charge is -1.97. The molecular formula is C8H3Br2N3. The highest BCUT2D eigenvalue weighted by Crippen LogP contribution is 2.24. The Bertz CT molecular complexity index is 510. The first-order valence-corrected chi connectivity index (χ1v) is 5.03. The van der Waals surface area contributed by atoms with Gasteiger partial charge in [0.1, 0.15) is 6.07 Å². The minimum Gasteiger partial charge on any atom is -0.237 e. The van der Waals surface area contributed by atoms with Crippen molar-refractivity contribution in [1.82, 2.24) is 9.61 Å². The van der Waals surface area contributed by atoms with Gasteiger partial charge in [0, 0.05) is 15.1 Å². The maximum atomic E-state index is 8.78. The molecule has 2 aromatic heterocycles. The molecule has 0 aliphatic rings. The number of pyridine rings is 1. The molecule has 0 radical (unpaired) electrons. The molecule has 0 saturated heterocycles. The van der Waals surface area contributed by atoms with Crippen LogP contribution in [0.15, 0.2) is 27.4 Å². The summed E-state index contributed by atoms with van der Waals surface area (Å²) in [7, 11) is 0. The largest absolute Gasteiger partial charge is 0.237 e. The van der Waals surface area contributed by atoms with Crippen molar-refractivity contribution in [3.05, 3.63) is 33.0 Å². The summed E-state index contributed by atoms with van der Waals surface area (Å²) in [5, 5.41) is 12.8. The molecule has 0 unspecified atom stereocenters. The van der Waals surface area contributed by atoms with E-state index in [-0.39, 0.29) is 0 Å². The van der Waals surface area contributed by atoms with Crippen molar-refractivity contribution in [2.75, 3.05) is 0 Å². The van der Waals surface area contributed by atoms with Gasteiger partial charge in [-0.25, -0.2) is 4.52 Å². The van der Waals surface area contributed by atoms with E-state index in [1.807, 2.05) is 6.07 Å². The molecule has 13 heavy (non-hydrogen) atoms. The van der Waals surface area contributed by atoms with Gasteiger partial charge in [-0.3, -0.25) is 0 Å². The molecule has 64 valence electrons. The molecule has 0 spiro atoms. The van der Waals surface area contributed by atoms with Crippen LogP contribution in [-0.2, 0) is 0 Å². The van der Waals surface area contributed by atoms with Crippen molar-refractivity contribution in [3.8, 4) is 6.07 Å². The van der Waals surface area contributed by atoms with E-state index in [1.165, 1.54) is 0 Å². The number of nitriles is 1. The molecule has 0 fully saturated rings. The SMILES string of the molecule is N#Cc1cnn2cc(Br)cc(Br)c12. The van der Waals surface area contributed by atoms with Crippen molar-refractivity contribution in [1.29, 1.82) is 5.26 Å². The average Bonchev–Trinajstić information content (AvgIpc) is 2.47. The van der Waals surface area contributed by atoms with Crippen LogP contribution in [0.4, 0.5) is 0 Å². The van der Waals surface area contributed by atoms with E-state index < -0.39 is 0 Å². The normalized spacial score (nSPS) is 10.2. The van der Waals surface area contributed by atoms with Gasteiger partial charge < -0.3 is 0 Å². The van der Waals surface area contributed by atoms with E-state index >= 15 is 0 Å². The van der Waals surface area contributed by atoms with Crippen molar-refractivity contribution >= 4 is 37.4 Å². The fourth-order valence-corrected chi connectivity index (χ4v) is 2.50. The van der Waals surface area contributed by atoms with Crippen LogP contribution in [0.3, 0.4) is 0 Å². The third-order valence-electron chi connectivity index (χ3n) is 1.65. The van der Waals surface area contributed by atoms with Gasteiger partial charge in [0.05, 0.1) is 17.3 Å². The molecule has 0 amide bonds. The monoisotopic (exact) mass is 299 g/mol. The Morgan fingerprint density at radius 3 is 2.92 bits per heavy atom. The minimum absolute atomic E-state index is 0.569. The Morgan fingerprint density at radius 1 is 1.46 bits per heavy atom. The zero-order chi connectivity index (χ0) is 9.42. The van der Waals surface area contributed by atoms with E-state index in [0.29, 0.717) is 5.56 Å². The van der Waals surface area contributed by atoms with Gasteiger partial charge >= 0.3 is 0 Å². The summed E-state index contributed by atoms with van der Waals surface area (Å²) < 4.78 is 3.43. The minimum atomic E-state index is 0.569. The Balaban J connectivity index is 2.92. The summed E-state index contributed by atoms with van der Waals surface area (Å²) in [6.07, 6.45) is 3.35. The molecule has 3 nitrogen and oxygen atoms in total. The van der Waals surface area contributed by atoms with Gasteiger partial charge in [0.25, 0.3) is 0 Å². The molecule has 0 aromatic carbocycles. The van der Waals surface area contributed by atoms with Gasteiger partial charge in [-0.05, 0) is 37.9 Å². The highest BCUT2D eigenvalue weighted by molar-refractivity contribution is 9.11. The Labute approximate surface area is 91.2 Å². The highest BCUT2D eigenvalue weighted by atomic mass is 79.9. The van der Waals surface area contributed by atoms with Gasteiger partial charge in [-0.15, -0.1) is 0 Å². The lowest BCUT2D eigenvalue weighted by molar-refractivity contribution is 0.953. The summed E-state index contributed by atoms with van der Waals surface area (Å²) >= 11 is 6.72. The second-order valence-electron chi connectivity index (χ2n) is 2.47. The van der Waals surface area contributed by atoms with Crippen LogP contribution in [0.1, 0.15) is 5.56 Å². The molecule has 2 rings (SSSR count). The van der Waals surface area contributed by atoms with Crippen LogP contribution in [-0.4, -0.2) is 9.61 Å². The van der Waals surface area contributed by atoms with E-state index in [4.69, 9.17) is 5.26 Å². The summed E-state index contributed by atoms with van der Waals surface area (Å²) in [5.74, 6) is 0. The standard InChI is InChI=1S/C8H3Br2N3/c9-6-1-7(10)8-5(2-11)3-12-13(8)4-6/h1,3-4H. The number of fused-ring (bicyclic) bond motifs is 1. The molecule has 5 heteroatoms. The number of aromatic nitrogens is 2. The van der Waals surface area contributed by atoms with Gasteiger partial charge in [0.2, 0.25) is 0 Å². The van der Waals surface area contributed by atoms with Crippen molar-refractivity contribution in [2.24, 2.45) is 0 Å². The first kappa shape index (κ1) is 8.73. The maximum absolute atomic E-state index is 8.78. The molecule has 2 heterocycles. The topological polar surface area (TPSA) is 41.1 Å². The average molecular weight is 301 g/mol. The zero-order valence-electron chi connectivity index (χ0n) is 6.33. The second-order valence-corrected chi connectivity index (χ2v) is 4.24. The second kappa shape index (κ2) is 3.13. The molecule has 2 aromatic rings. The first-order valence-electron chi connectivity index (χ1n) is 3.45. The quantitative estimate of drug-likeness (QED) is 0.750. The number of halogens is 2. The van der Waals surface area contributed by atoms with Crippen LogP contribution in [0.25, 0.3) is 5.52 Å². The summed E-state index contributed by atoms with van der Waals surface area (Å²) in [5.41, 5.74) is 1.37. The van der Waals surface area contributed by atoms with E-state index in [0.717, 1.165) is 14.5 Å². The number of hydrogen-bond donors (Lipinski definition) is 0. The lowest BCUT2D eigenvalue weighted by atomic mass is 10.3. The van der Waals surface area contributed by atoms with Gasteiger partial charge in [-0.1, -0.05) is 0 Å². The van der Waals surface area contributed by atoms with Crippen LogP contribution in [0, 0.1) is 11.3 Å². The van der Waals surface area contributed by atoms with E-state index in [2.05, 4.69) is 43.0 Å². The van der Waals surface area contributed by atoms with Crippen molar-refractivity contribution in [3.63, 3.8) is 0 Å². The molecule has 0 atom stereocenters. The first-order chi connectivity index (χ1) is 6.22. The maximum Gasteiger partial charge on any atom is 0.103 e. The predicted octanol–water partition coefficient (Wildman–Crippen LogP) is 2.73. The van der Waals surface area contributed by atoms with E-state index in [1.54, 1.807) is 16.9 Å². The molecule has 0 N–H and O–H groups in total. The van der Waals surface area contributed by atoms with Crippen LogP contribution >= 0.6 is 31.9 Å². The van der Waals surface area contributed by atoms with Crippen molar-refractivity contribution < 1.29 is 0 Å². The Hall–Kier alpha value is -0.860. The number of hydrogen-bond acceptors (Lipinski definition) is 2. The Kier molecular flexibility index (Phi) is 2.10. The zero-order valence-corrected chi connectivity index (χ0v) is 9.50. The van der Waals surface area contributed by atoms with Crippen molar-refractivity contribution in [2.45, 2.75) is 0 Å². The summed E-state index contributed by atoms with van der Waals surface area (Å²) in [6.45, 7) is 0. The van der Waals surface area contributed by atoms with Crippen LogP contribution < -0.4 is 0 Å². The van der Waals surface area contributed by atoms with Gasteiger partial charge in [0.15, 0.2) is 0 Å². The van der Waals surface area contributed by atoms with Gasteiger partial charge in [-0.2, -0.15) is 10.4 Å². The molecule has 0 aliphatic carbocycles. The van der Waals surface area contributed by atoms with Crippen LogP contribution in [0.5, 0.6) is 0 Å². The number of rotatable bonds is 0. The molecular weight excluding hydrogens is 298 g/mol. The molecule has 0 aliphatic heterocycles. The van der Waals surface area contributed by atoms with Crippen LogP contribution in [0.2, 0.25) is 0 Å². The summed E-state index contributed by atoms with van der Waals surface area (Å²) in [6, 6.07) is 3.97. The number of nitrogens with zero attached hydrogens (tertiary/aromatic N) is 3. The third-order valence-corrected chi connectivity index (χ3v) is 2.69. The summed E-state index contributed by atoms with van der Waals surface area (Å²) in [4.78, 5) is 0. The molecule has 0 saturated carbocycles. The third kappa shape index (κ3) is 1.36. The lowest BCUT2D eigenvalue weighted by Crippen LogP contribution is -1.87. The smallest absolute Gasteiger partial charge is 0.103 e.